The summed E-state index contributed by atoms with van der Waals surface area (Å²) in [6, 6.07) is 8.36. The monoisotopic (exact) mass is 360 g/mol. The molecule has 0 saturated heterocycles. The first-order valence-electron chi connectivity index (χ1n) is 7.51. The number of carbonyl (C=O) groups is 3. The van der Waals surface area contributed by atoms with Gasteiger partial charge in [-0.1, -0.05) is 17.7 Å². The van der Waals surface area contributed by atoms with Crippen LogP contribution in [-0.4, -0.2) is 22.7 Å². The van der Waals surface area contributed by atoms with E-state index in [4.69, 9.17) is 11.6 Å². The van der Waals surface area contributed by atoms with Crippen molar-refractivity contribution < 1.29 is 14.4 Å². The third-order valence-corrected chi connectivity index (χ3v) is 3.77. The van der Waals surface area contributed by atoms with Crippen LogP contribution in [0, 0.1) is 6.92 Å². The van der Waals surface area contributed by atoms with E-state index >= 15 is 0 Å². The molecule has 1 aromatic carbocycles. The molecular formula is C17H17ClN4O3. The molecule has 0 fully saturated rings. The lowest BCUT2D eigenvalue weighted by Gasteiger charge is -2.10. The molecule has 0 aliphatic heterocycles. The third-order valence-electron chi connectivity index (χ3n) is 3.36. The van der Waals surface area contributed by atoms with Gasteiger partial charge in [-0.15, -0.1) is 0 Å². The molecule has 0 atom stereocenters. The number of hydrogen-bond donors (Lipinski definition) is 3. The molecule has 3 amide bonds. The first kappa shape index (κ1) is 18.4. The van der Waals surface area contributed by atoms with Gasteiger partial charge in [0.2, 0.25) is 11.8 Å². The Morgan fingerprint density at radius 1 is 1.04 bits per heavy atom. The highest BCUT2D eigenvalue weighted by Gasteiger charge is 2.11. The fraction of sp³-hybridized carbons (Fsp3) is 0.176. The summed E-state index contributed by atoms with van der Waals surface area (Å²) in [5.41, 5.74) is 6.19. The SMILES string of the molecule is Cc1c(Cl)cccc1NC(=O)CCC(=O)NNC(=O)c1cccnc1. The molecule has 1 aromatic heterocycles. The summed E-state index contributed by atoms with van der Waals surface area (Å²) in [4.78, 5) is 39.2. The molecule has 0 aliphatic rings. The summed E-state index contributed by atoms with van der Waals surface area (Å²) in [7, 11) is 0. The van der Waals surface area contributed by atoms with Gasteiger partial charge < -0.3 is 5.32 Å². The van der Waals surface area contributed by atoms with Gasteiger partial charge in [0, 0.05) is 35.9 Å². The average molecular weight is 361 g/mol. The molecule has 3 N–H and O–H groups in total. The van der Waals surface area contributed by atoms with E-state index in [0.717, 1.165) is 5.56 Å². The maximum absolute atomic E-state index is 11.9. The van der Waals surface area contributed by atoms with Gasteiger partial charge in [0.25, 0.3) is 5.91 Å². The van der Waals surface area contributed by atoms with Crippen LogP contribution in [0.25, 0.3) is 0 Å². The van der Waals surface area contributed by atoms with Crippen LogP contribution >= 0.6 is 11.6 Å². The van der Waals surface area contributed by atoms with Gasteiger partial charge in [-0.05, 0) is 36.8 Å². The van der Waals surface area contributed by atoms with Gasteiger partial charge in [-0.25, -0.2) is 0 Å². The fourth-order valence-corrected chi connectivity index (χ4v) is 2.12. The van der Waals surface area contributed by atoms with E-state index in [0.29, 0.717) is 16.3 Å². The highest BCUT2D eigenvalue weighted by atomic mass is 35.5. The minimum absolute atomic E-state index is 0.0272. The van der Waals surface area contributed by atoms with E-state index in [2.05, 4.69) is 21.2 Å². The second-order valence-electron chi connectivity index (χ2n) is 5.20. The van der Waals surface area contributed by atoms with Crippen LogP contribution in [-0.2, 0) is 9.59 Å². The zero-order valence-electron chi connectivity index (χ0n) is 13.5. The molecule has 25 heavy (non-hydrogen) atoms. The van der Waals surface area contributed by atoms with Crippen molar-refractivity contribution in [2.75, 3.05) is 5.32 Å². The van der Waals surface area contributed by atoms with Crippen LogP contribution in [0.15, 0.2) is 42.7 Å². The highest BCUT2D eigenvalue weighted by Crippen LogP contribution is 2.23. The van der Waals surface area contributed by atoms with Crippen LogP contribution in [0.2, 0.25) is 5.02 Å². The Balaban J connectivity index is 1.75. The molecule has 0 radical (unpaired) electrons. The first-order chi connectivity index (χ1) is 12.0. The smallest absolute Gasteiger partial charge is 0.271 e. The second kappa shape index (κ2) is 8.79. The Kier molecular flexibility index (Phi) is 6.47. The van der Waals surface area contributed by atoms with E-state index in [1.54, 1.807) is 37.3 Å². The van der Waals surface area contributed by atoms with E-state index in [9.17, 15) is 14.4 Å². The number of carbonyl (C=O) groups excluding carboxylic acids is 3. The van der Waals surface area contributed by atoms with Gasteiger partial charge in [0.15, 0.2) is 0 Å². The number of anilines is 1. The van der Waals surface area contributed by atoms with E-state index < -0.39 is 11.8 Å². The fourth-order valence-electron chi connectivity index (χ4n) is 1.94. The summed E-state index contributed by atoms with van der Waals surface area (Å²) >= 11 is 5.99. The lowest BCUT2D eigenvalue weighted by Crippen LogP contribution is -2.41. The number of benzene rings is 1. The highest BCUT2D eigenvalue weighted by molar-refractivity contribution is 6.31. The topological polar surface area (TPSA) is 100 Å². The Morgan fingerprint density at radius 2 is 1.80 bits per heavy atom. The number of nitrogens with zero attached hydrogens (tertiary/aromatic N) is 1. The molecule has 8 heteroatoms. The van der Waals surface area contributed by atoms with Crippen molar-refractivity contribution in [3.8, 4) is 0 Å². The maximum atomic E-state index is 11.9. The summed E-state index contributed by atoms with van der Waals surface area (Å²) in [5, 5.41) is 3.25. The molecule has 0 unspecified atom stereocenters. The largest absolute Gasteiger partial charge is 0.326 e. The van der Waals surface area contributed by atoms with E-state index in [1.807, 2.05) is 0 Å². The van der Waals surface area contributed by atoms with Crippen LogP contribution in [0.5, 0.6) is 0 Å². The average Bonchev–Trinajstić information content (AvgIpc) is 2.62. The van der Waals surface area contributed by atoms with Gasteiger partial charge in [0.05, 0.1) is 5.56 Å². The van der Waals surface area contributed by atoms with E-state index in [1.165, 1.54) is 12.4 Å². The number of pyridine rings is 1. The number of aromatic nitrogens is 1. The van der Waals surface area contributed by atoms with Gasteiger partial charge in [0.1, 0.15) is 0 Å². The molecule has 0 saturated carbocycles. The maximum Gasteiger partial charge on any atom is 0.271 e. The number of rotatable bonds is 5. The third kappa shape index (κ3) is 5.58. The minimum atomic E-state index is -0.486. The molecular weight excluding hydrogens is 344 g/mol. The predicted molar refractivity (Wildman–Crippen MR) is 93.9 cm³/mol. The van der Waals surface area contributed by atoms with Crippen molar-refractivity contribution in [1.29, 1.82) is 0 Å². The minimum Gasteiger partial charge on any atom is -0.326 e. The van der Waals surface area contributed by atoms with Crippen LogP contribution in [0.3, 0.4) is 0 Å². The summed E-state index contributed by atoms with van der Waals surface area (Å²) in [6.45, 7) is 1.79. The molecule has 2 aromatic rings. The standard InChI is InChI=1S/C17H17ClN4O3/c1-11-13(18)5-2-6-14(11)20-15(23)7-8-16(24)21-22-17(25)12-4-3-9-19-10-12/h2-6,9-10H,7-8H2,1H3,(H,20,23)(H,21,24)(H,22,25). The van der Waals surface area contributed by atoms with Crippen molar-refractivity contribution in [3.05, 3.63) is 58.9 Å². The van der Waals surface area contributed by atoms with E-state index in [-0.39, 0.29) is 18.7 Å². The molecule has 1 heterocycles. The number of hydrogen-bond acceptors (Lipinski definition) is 4. The molecule has 7 nitrogen and oxygen atoms in total. The lowest BCUT2D eigenvalue weighted by atomic mass is 10.2. The van der Waals surface area contributed by atoms with Crippen molar-refractivity contribution in [2.24, 2.45) is 0 Å². The Morgan fingerprint density at radius 3 is 2.52 bits per heavy atom. The summed E-state index contributed by atoms with van der Waals surface area (Å²) in [6.07, 6.45) is 2.82. The van der Waals surface area contributed by atoms with Gasteiger partial charge in [-0.2, -0.15) is 0 Å². The number of hydrazine groups is 1. The molecule has 0 bridgehead atoms. The summed E-state index contributed by atoms with van der Waals surface area (Å²) in [5.74, 6) is -1.28. The molecule has 2 rings (SSSR count). The van der Waals surface area contributed by atoms with Crippen molar-refractivity contribution in [1.82, 2.24) is 15.8 Å². The Hall–Kier alpha value is -2.93. The second-order valence-corrected chi connectivity index (χ2v) is 5.61. The first-order valence-corrected chi connectivity index (χ1v) is 7.89. The zero-order chi connectivity index (χ0) is 18.2. The summed E-state index contributed by atoms with van der Waals surface area (Å²) < 4.78 is 0. The van der Waals surface area contributed by atoms with Crippen LogP contribution in [0.1, 0.15) is 28.8 Å². The van der Waals surface area contributed by atoms with Crippen molar-refractivity contribution in [3.63, 3.8) is 0 Å². The van der Waals surface area contributed by atoms with Crippen molar-refractivity contribution in [2.45, 2.75) is 19.8 Å². The predicted octanol–water partition coefficient (Wildman–Crippen LogP) is 2.22. The quantitative estimate of drug-likeness (QED) is 0.712. The Bertz CT molecular complexity index is 781. The van der Waals surface area contributed by atoms with Crippen LogP contribution in [0.4, 0.5) is 5.69 Å². The van der Waals surface area contributed by atoms with Gasteiger partial charge in [-0.3, -0.25) is 30.2 Å². The van der Waals surface area contributed by atoms with Gasteiger partial charge >= 0.3 is 0 Å². The molecule has 0 spiro atoms. The molecule has 130 valence electrons. The Labute approximate surface area is 149 Å². The lowest BCUT2D eigenvalue weighted by molar-refractivity contribution is -0.124. The van der Waals surface area contributed by atoms with Crippen molar-refractivity contribution >= 4 is 35.0 Å². The zero-order valence-corrected chi connectivity index (χ0v) is 14.3. The number of amides is 3. The normalized spacial score (nSPS) is 10.0. The molecule has 0 aliphatic carbocycles. The number of nitrogens with one attached hydrogen (secondary N) is 3. The number of halogens is 1. The van der Waals surface area contributed by atoms with Crippen LogP contribution < -0.4 is 16.2 Å².